The zero-order valence-corrected chi connectivity index (χ0v) is 7.19. The molecule has 0 saturated heterocycles. The average molecular weight is 175 g/mol. The van der Waals surface area contributed by atoms with Gasteiger partial charge in [-0.3, -0.25) is 5.41 Å². The second-order valence-electron chi connectivity index (χ2n) is 2.73. The minimum Gasteiger partial charge on any atom is -0.486 e. The van der Waals surface area contributed by atoms with Crippen LogP contribution in [0.15, 0.2) is 34.9 Å². The largest absolute Gasteiger partial charge is 0.486 e. The molecular formula is C9H9N3O. The van der Waals surface area contributed by atoms with Gasteiger partial charge in [0.05, 0.1) is 0 Å². The Hall–Kier alpha value is -1.84. The van der Waals surface area contributed by atoms with Crippen LogP contribution in [0.1, 0.15) is 5.69 Å². The third-order valence-corrected chi connectivity index (χ3v) is 1.86. The number of nitrogens with one attached hydrogen (secondary N) is 1. The Labute approximate surface area is 74.9 Å². The second-order valence-corrected chi connectivity index (χ2v) is 2.73. The standard InChI is InChI=1S/C9H9N3O/c1-7-9(10)13-11-12(7)8-5-3-2-4-6-8/h2-6,10H,1H3. The van der Waals surface area contributed by atoms with Crippen molar-refractivity contribution in [1.29, 1.82) is 5.41 Å². The van der Waals surface area contributed by atoms with Gasteiger partial charge in [0, 0.05) is 19.1 Å². The van der Waals surface area contributed by atoms with Gasteiger partial charge in [-0.2, -0.15) is 0 Å². The zero-order valence-electron chi connectivity index (χ0n) is 7.19. The number of benzene rings is 1. The van der Waals surface area contributed by atoms with E-state index in [0.717, 1.165) is 5.69 Å². The predicted molar refractivity (Wildman–Crippen MR) is 44.2 cm³/mol. The summed E-state index contributed by atoms with van der Waals surface area (Å²) in [5.74, 6) is 0. The van der Waals surface area contributed by atoms with Gasteiger partial charge in [0.15, 0.2) is 0 Å². The molecule has 0 amide bonds. The maximum atomic E-state index is 7.34. The number of hydrogen-bond donors (Lipinski definition) is 1. The van der Waals surface area contributed by atoms with Gasteiger partial charge < -0.3 is 4.52 Å². The minimum atomic E-state index is 0.101. The number of rotatable bonds is 1. The molecule has 0 aliphatic rings. The maximum absolute atomic E-state index is 7.34. The summed E-state index contributed by atoms with van der Waals surface area (Å²) in [5.41, 5.74) is 1.71. The SMILES string of the molecule is Cc1c(=N)o[n-][n+]1-c1ccccc1. The molecule has 2 rings (SSSR count). The van der Waals surface area contributed by atoms with Crippen LogP contribution in [0.4, 0.5) is 0 Å². The highest BCUT2D eigenvalue weighted by Crippen LogP contribution is 1.95. The fourth-order valence-corrected chi connectivity index (χ4v) is 1.12. The Morgan fingerprint density at radius 1 is 1.31 bits per heavy atom. The smallest absolute Gasteiger partial charge is 0.268 e. The van der Waals surface area contributed by atoms with Crippen LogP contribution in [0.2, 0.25) is 0 Å². The van der Waals surface area contributed by atoms with E-state index in [1.807, 2.05) is 30.3 Å². The summed E-state index contributed by atoms with van der Waals surface area (Å²) in [6.45, 7) is 1.80. The van der Waals surface area contributed by atoms with Gasteiger partial charge in [-0.25, -0.2) is 9.95 Å². The summed E-state index contributed by atoms with van der Waals surface area (Å²) >= 11 is 0. The molecule has 0 atom stereocenters. The van der Waals surface area contributed by atoms with Gasteiger partial charge in [-0.05, 0) is 0 Å². The molecule has 1 aromatic heterocycles. The van der Waals surface area contributed by atoms with Crippen molar-refractivity contribution in [3.05, 3.63) is 41.6 Å². The molecule has 1 heterocycles. The molecule has 1 N–H and O–H groups in total. The van der Waals surface area contributed by atoms with E-state index in [1.54, 1.807) is 11.6 Å². The van der Waals surface area contributed by atoms with Gasteiger partial charge in [0.1, 0.15) is 0 Å². The summed E-state index contributed by atoms with van der Waals surface area (Å²) < 4.78 is 6.33. The minimum absolute atomic E-state index is 0.101. The fraction of sp³-hybridized carbons (Fsp3) is 0.111. The summed E-state index contributed by atoms with van der Waals surface area (Å²) in [5, 5.41) is 11.1. The molecule has 0 saturated carbocycles. The molecule has 0 radical (unpaired) electrons. The molecule has 1 aromatic carbocycles. The summed E-state index contributed by atoms with van der Waals surface area (Å²) in [7, 11) is 0. The van der Waals surface area contributed by atoms with Crippen LogP contribution in [0.5, 0.6) is 0 Å². The third-order valence-electron chi connectivity index (χ3n) is 1.86. The second kappa shape index (κ2) is 2.90. The van der Waals surface area contributed by atoms with Crippen molar-refractivity contribution in [2.24, 2.45) is 0 Å². The Balaban J connectivity index is 2.60. The average Bonchev–Trinajstić information content (AvgIpc) is 2.49. The number of nitrogens with zero attached hydrogens (tertiary/aromatic N) is 2. The van der Waals surface area contributed by atoms with Crippen LogP contribution >= 0.6 is 0 Å². The Bertz CT molecular complexity index is 455. The molecule has 66 valence electrons. The normalized spacial score (nSPS) is 10.2. The van der Waals surface area contributed by atoms with Crippen molar-refractivity contribution in [1.82, 2.24) is 5.27 Å². The Morgan fingerprint density at radius 2 is 2.00 bits per heavy atom. The van der Waals surface area contributed by atoms with Gasteiger partial charge in [-0.15, -0.1) is 0 Å². The lowest BCUT2D eigenvalue weighted by atomic mass is 10.3. The first-order chi connectivity index (χ1) is 6.29. The van der Waals surface area contributed by atoms with Crippen LogP contribution in [0, 0.1) is 12.3 Å². The molecule has 0 aliphatic heterocycles. The lowest BCUT2D eigenvalue weighted by molar-refractivity contribution is -0.682. The molecule has 2 aromatic rings. The Kier molecular flexibility index (Phi) is 1.73. The first-order valence-corrected chi connectivity index (χ1v) is 3.94. The monoisotopic (exact) mass is 175 g/mol. The maximum Gasteiger partial charge on any atom is 0.268 e. The third kappa shape index (κ3) is 1.26. The van der Waals surface area contributed by atoms with Crippen LogP contribution < -0.4 is 15.5 Å². The summed E-state index contributed by atoms with van der Waals surface area (Å²) in [4.78, 5) is 0. The molecule has 4 nitrogen and oxygen atoms in total. The van der Waals surface area contributed by atoms with Crippen molar-refractivity contribution in [2.45, 2.75) is 6.92 Å². The highest BCUT2D eigenvalue weighted by atomic mass is 16.5. The van der Waals surface area contributed by atoms with Crippen molar-refractivity contribution >= 4 is 0 Å². The molecular weight excluding hydrogens is 166 g/mol. The van der Waals surface area contributed by atoms with Gasteiger partial charge >= 0.3 is 0 Å². The van der Waals surface area contributed by atoms with E-state index >= 15 is 0 Å². The van der Waals surface area contributed by atoms with Crippen LogP contribution in [0.25, 0.3) is 5.69 Å². The van der Waals surface area contributed by atoms with Gasteiger partial charge in [0.2, 0.25) is 11.4 Å². The lowest BCUT2D eigenvalue weighted by Gasteiger charge is -1.96. The molecule has 0 bridgehead atoms. The summed E-state index contributed by atoms with van der Waals surface area (Å²) in [6, 6.07) is 9.59. The van der Waals surface area contributed by atoms with Gasteiger partial charge in [0.25, 0.3) is 5.55 Å². The first kappa shape index (κ1) is 7.79. The van der Waals surface area contributed by atoms with Crippen LogP contribution in [0.3, 0.4) is 0 Å². The summed E-state index contributed by atoms with van der Waals surface area (Å²) in [6.07, 6.45) is 0. The van der Waals surface area contributed by atoms with E-state index < -0.39 is 0 Å². The fourth-order valence-electron chi connectivity index (χ4n) is 1.12. The number of para-hydroxylation sites is 1. The zero-order chi connectivity index (χ0) is 9.26. The quantitative estimate of drug-likeness (QED) is 0.634. The van der Waals surface area contributed by atoms with Crippen molar-refractivity contribution < 1.29 is 9.20 Å². The highest BCUT2D eigenvalue weighted by Gasteiger charge is 2.07. The van der Waals surface area contributed by atoms with E-state index in [0.29, 0.717) is 5.69 Å². The molecule has 0 fully saturated rings. The van der Waals surface area contributed by atoms with E-state index in [-0.39, 0.29) is 5.55 Å². The van der Waals surface area contributed by atoms with Crippen molar-refractivity contribution in [2.75, 3.05) is 0 Å². The van der Waals surface area contributed by atoms with E-state index in [9.17, 15) is 0 Å². The molecule has 13 heavy (non-hydrogen) atoms. The molecule has 4 heteroatoms. The number of hydrogen-bond acceptors (Lipinski definition) is 2. The van der Waals surface area contributed by atoms with Crippen molar-refractivity contribution in [3.8, 4) is 5.69 Å². The molecule has 0 spiro atoms. The highest BCUT2D eigenvalue weighted by molar-refractivity contribution is 5.20. The first-order valence-electron chi connectivity index (χ1n) is 3.94. The Morgan fingerprint density at radius 3 is 2.54 bits per heavy atom. The number of aromatic nitrogens is 2. The van der Waals surface area contributed by atoms with E-state index in [4.69, 9.17) is 9.93 Å². The topological polar surface area (TPSA) is 55.0 Å². The lowest BCUT2D eigenvalue weighted by Crippen LogP contribution is -2.38. The van der Waals surface area contributed by atoms with E-state index in [2.05, 4.69) is 5.27 Å². The molecule has 0 aliphatic carbocycles. The predicted octanol–water partition coefficient (Wildman–Crippen LogP) is 0.301. The van der Waals surface area contributed by atoms with Gasteiger partial charge in [-0.1, -0.05) is 18.2 Å². The van der Waals surface area contributed by atoms with E-state index in [1.165, 1.54) is 0 Å². The van der Waals surface area contributed by atoms with Crippen LogP contribution in [-0.4, -0.2) is 0 Å². The molecule has 0 unspecified atom stereocenters. The van der Waals surface area contributed by atoms with Crippen molar-refractivity contribution in [3.63, 3.8) is 0 Å². The van der Waals surface area contributed by atoms with Crippen LogP contribution in [-0.2, 0) is 0 Å².